The summed E-state index contributed by atoms with van der Waals surface area (Å²) < 4.78 is 53.4. The van der Waals surface area contributed by atoms with Gasteiger partial charge in [-0.3, -0.25) is 0 Å². The molecule has 0 spiro atoms. The number of alkyl halides is 3. The number of hydrogen-bond acceptors (Lipinski definition) is 4. The number of methoxy groups -OCH3 is 3. The van der Waals surface area contributed by atoms with Gasteiger partial charge >= 0.3 is 6.18 Å². The van der Waals surface area contributed by atoms with Crippen LogP contribution >= 0.6 is 0 Å². The SMILES string of the molecule is COCC(N)Cc1cc(OC)c(C(F)(F)F)cc1OC. The third-order valence-electron chi connectivity index (χ3n) is 2.77. The molecule has 4 nitrogen and oxygen atoms in total. The van der Waals surface area contributed by atoms with Gasteiger partial charge in [-0.2, -0.15) is 13.2 Å². The summed E-state index contributed by atoms with van der Waals surface area (Å²) in [6.45, 7) is 0.298. The predicted octanol–water partition coefficient (Wildman–Crippen LogP) is 2.24. The van der Waals surface area contributed by atoms with Crippen molar-refractivity contribution in [3.8, 4) is 11.5 Å². The third-order valence-corrected chi connectivity index (χ3v) is 2.77. The number of nitrogens with two attached hydrogens (primary N) is 1. The Morgan fingerprint density at radius 3 is 2.15 bits per heavy atom. The van der Waals surface area contributed by atoms with E-state index in [0.29, 0.717) is 18.6 Å². The molecule has 2 N–H and O–H groups in total. The highest BCUT2D eigenvalue weighted by Crippen LogP contribution is 2.40. The molecule has 0 saturated heterocycles. The Labute approximate surface area is 115 Å². The van der Waals surface area contributed by atoms with Gasteiger partial charge in [-0.25, -0.2) is 0 Å². The highest BCUT2D eigenvalue weighted by Gasteiger charge is 2.35. The Balaban J connectivity index is 3.19. The molecule has 0 amide bonds. The van der Waals surface area contributed by atoms with Crippen LogP contribution in [-0.2, 0) is 17.3 Å². The van der Waals surface area contributed by atoms with Crippen LogP contribution in [0.4, 0.5) is 13.2 Å². The van der Waals surface area contributed by atoms with E-state index >= 15 is 0 Å². The first-order valence-corrected chi connectivity index (χ1v) is 5.90. The average Bonchev–Trinajstić information content (AvgIpc) is 2.37. The largest absolute Gasteiger partial charge is 0.496 e. The highest BCUT2D eigenvalue weighted by molar-refractivity contribution is 5.48. The van der Waals surface area contributed by atoms with Gasteiger partial charge in [0.1, 0.15) is 17.1 Å². The maximum Gasteiger partial charge on any atom is 0.420 e. The first-order valence-electron chi connectivity index (χ1n) is 5.90. The minimum absolute atomic E-state index is 0.129. The zero-order chi connectivity index (χ0) is 15.3. The molecule has 20 heavy (non-hydrogen) atoms. The second-order valence-corrected chi connectivity index (χ2v) is 4.28. The molecule has 0 fully saturated rings. The van der Waals surface area contributed by atoms with Crippen LogP contribution in [-0.4, -0.2) is 34.0 Å². The Hall–Kier alpha value is -1.47. The van der Waals surface area contributed by atoms with Crippen LogP contribution in [0.1, 0.15) is 11.1 Å². The van der Waals surface area contributed by atoms with Gasteiger partial charge in [0.15, 0.2) is 0 Å². The molecule has 1 rings (SSSR count). The summed E-state index contributed by atoms with van der Waals surface area (Å²) in [7, 11) is 4.01. The van der Waals surface area contributed by atoms with Crippen LogP contribution in [0, 0.1) is 0 Å². The first-order chi connectivity index (χ1) is 9.33. The summed E-state index contributed by atoms with van der Waals surface area (Å²) in [5.74, 6) is -0.123. The van der Waals surface area contributed by atoms with E-state index in [1.165, 1.54) is 27.4 Å². The lowest BCUT2D eigenvalue weighted by molar-refractivity contribution is -0.138. The van der Waals surface area contributed by atoms with Crippen molar-refractivity contribution in [1.29, 1.82) is 0 Å². The summed E-state index contributed by atoms with van der Waals surface area (Å²) in [6, 6.07) is 1.89. The predicted molar refractivity (Wildman–Crippen MR) is 68.1 cm³/mol. The minimum atomic E-state index is -4.51. The lowest BCUT2D eigenvalue weighted by Gasteiger charge is -2.18. The van der Waals surface area contributed by atoms with Crippen molar-refractivity contribution >= 4 is 0 Å². The number of benzene rings is 1. The van der Waals surface area contributed by atoms with Crippen molar-refractivity contribution in [2.45, 2.75) is 18.6 Å². The van der Waals surface area contributed by atoms with Gasteiger partial charge in [0, 0.05) is 13.2 Å². The molecule has 1 aromatic rings. The van der Waals surface area contributed by atoms with E-state index in [-0.39, 0.29) is 17.5 Å². The van der Waals surface area contributed by atoms with Crippen molar-refractivity contribution in [3.05, 3.63) is 23.3 Å². The molecule has 0 aliphatic carbocycles. The molecule has 0 radical (unpaired) electrons. The van der Waals surface area contributed by atoms with Crippen LogP contribution in [0.2, 0.25) is 0 Å². The molecule has 0 aliphatic rings. The van der Waals surface area contributed by atoms with E-state index in [1.54, 1.807) is 0 Å². The first kappa shape index (κ1) is 16.6. The summed E-state index contributed by atoms with van der Waals surface area (Å²) in [5, 5.41) is 0. The molecule has 1 aromatic carbocycles. The van der Waals surface area contributed by atoms with Gasteiger partial charge in [-0.1, -0.05) is 0 Å². The topological polar surface area (TPSA) is 53.7 Å². The number of ether oxygens (including phenoxy) is 3. The Morgan fingerprint density at radius 1 is 1.10 bits per heavy atom. The molecular weight excluding hydrogens is 275 g/mol. The van der Waals surface area contributed by atoms with Crippen LogP contribution < -0.4 is 15.2 Å². The van der Waals surface area contributed by atoms with Crippen LogP contribution in [0.3, 0.4) is 0 Å². The second-order valence-electron chi connectivity index (χ2n) is 4.28. The number of hydrogen-bond donors (Lipinski definition) is 1. The van der Waals surface area contributed by atoms with Gasteiger partial charge < -0.3 is 19.9 Å². The fourth-order valence-corrected chi connectivity index (χ4v) is 1.90. The molecule has 1 unspecified atom stereocenters. The molecule has 0 aliphatic heterocycles. The Morgan fingerprint density at radius 2 is 1.70 bits per heavy atom. The molecule has 7 heteroatoms. The van der Waals surface area contributed by atoms with Gasteiger partial charge in [0.05, 0.1) is 20.8 Å². The molecule has 114 valence electrons. The minimum Gasteiger partial charge on any atom is -0.496 e. The Kier molecular flexibility index (Phi) is 5.64. The van der Waals surface area contributed by atoms with Gasteiger partial charge in [0.2, 0.25) is 0 Å². The van der Waals surface area contributed by atoms with E-state index < -0.39 is 11.7 Å². The summed E-state index contributed by atoms with van der Waals surface area (Å²) in [6.07, 6.45) is -4.18. The van der Waals surface area contributed by atoms with Crippen LogP contribution in [0.25, 0.3) is 0 Å². The van der Waals surface area contributed by atoms with E-state index in [0.717, 1.165) is 6.07 Å². The third kappa shape index (κ3) is 4.01. The molecule has 0 aromatic heterocycles. The molecule has 1 atom stereocenters. The van der Waals surface area contributed by atoms with E-state index in [4.69, 9.17) is 19.9 Å². The van der Waals surface area contributed by atoms with Crippen molar-refractivity contribution in [1.82, 2.24) is 0 Å². The number of halogens is 3. The van der Waals surface area contributed by atoms with E-state index in [2.05, 4.69) is 0 Å². The van der Waals surface area contributed by atoms with E-state index in [9.17, 15) is 13.2 Å². The fourth-order valence-electron chi connectivity index (χ4n) is 1.90. The number of rotatable bonds is 6. The Bertz CT molecular complexity index is 449. The lowest BCUT2D eigenvalue weighted by Crippen LogP contribution is -2.28. The van der Waals surface area contributed by atoms with Crippen LogP contribution in [0.5, 0.6) is 11.5 Å². The smallest absolute Gasteiger partial charge is 0.420 e. The van der Waals surface area contributed by atoms with Gasteiger partial charge in [-0.15, -0.1) is 0 Å². The summed E-state index contributed by atoms with van der Waals surface area (Å²) in [4.78, 5) is 0. The normalized spacial score (nSPS) is 13.2. The second kappa shape index (κ2) is 6.81. The summed E-state index contributed by atoms with van der Waals surface area (Å²) >= 11 is 0. The molecule has 0 saturated carbocycles. The lowest BCUT2D eigenvalue weighted by atomic mass is 10.0. The van der Waals surface area contributed by atoms with Gasteiger partial charge in [0.25, 0.3) is 0 Å². The zero-order valence-electron chi connectivity index (χ0n) is 11.6. The highest BCUT2D eigenvalue weighted by atomic mass is 19.4. The van der Waals surface area contributed by atoms with Crippen LogP contribution in [0.15, 0.2) is 12.1 Å². The van der Waals surface area contributed by atoms with Crippen molar-refractivity contribution in [2.24, 2.45) is 5.73 Å². The molecule has 0 heterocycles. The van der Waals surface area contributed by atoms with Crippen molar-refractivity contribution in [2.75, 3.05) is 27.9 Å². The summed E-state index contributed by atoms with van der Waals surface area (Å²) in [5.41, 5.74) is 5.48. The maximum absolute atomic E-state index is 12.9. The fraction of sp³-hybridized carbons (Fsp3) is 0.538. The standard InChI is InChI=1S/C13H18F3NO3/c1-18-7-9(17)4-8-5-12(20-3)10(13(14,15)16)6-11(8)19-2/h5-6,9H,4,7,17H2,1-3H3. The molecular formula is C13H18F3NO3. The quantitative estimate of drug-likeness (QED) is 0.874. The van der Waals surface area contributed by atoms with Crippen molar-refractivity contribution in [3.63, 3.8) is 0 Å². The monoisotopic (exact) mass is 293 g/mol. The zero-order valence-corrected chi connectivity index (χ0v) is 11.6. The molecule has 0 bridgehead atoms. The van der Waals surface area contributed by atoms with Crippen molar-refractivity contribution < 1.29 is 27.4 Å². The maximum atomic E-state index is 12.9. The van der Waals surface area contributed by atoms with Gasteiger partial charge in [-0.05, 0) is 24.1 Å². The average molecular weight is 293 g/mol. The van der Waals surface area contributed by atoms with E-state index in [1.807, 2.05) is 0 Å².